The smallest absolute Gasteiger partial charge is 0.462 e. The van der Waals surface area contributed by atoms with Crippen LogP contribution in [-0.4, -0.2) is 96.7 Å². The van der Waals surface area contributed by atoms with Crippen molar-refractivity contribution in [3.05, 3.63) is 122 Å². The number of hydrogen-bond donors (Lipinski definition) is 3. The molecule has 0 saturated heterocycles. The Morgan fingerprint density at radius 2 is 0.530 bits per heavy atom. The average Bonchev–Trinajstić information content (AvgIpc) is 1.01. The molecule has 0 amide bonds. The van der Waals surface area contributed by atoms with E-state index < -0.39 is 97.5 Å². The van der Waals surface area contributed by atoms with E-state index in [0.29, 0.717) is 25.7 Å². The second-order valence-electron chi connectivity index (χ2n) is 25.6. The number of carbonyl (C=O) groups is 4. The number of ether oxygens (including phenoxy) is 4. The lowest BCUT2D eigenvalue weighted by Crippen LogP contribution is -2.30. The summed E-state index contributed by atoms with van der Waals surface area (Å²) in [4.78, 5) is 72.8. The highest BCUT2D eigenvalue weighted by Gasteiger charge is 2.30. The van der Waals surface area contributed by atoms with Gasteiger partial charge in [0.25, 0.3) is 0 Å². The SMILES string of the molecule is CC/C=C\C/C=C\C/C=C\C/C=C\C/C=C\CC(=O)OCC(COP(=O)(O)OCC(O)COP(=O)(O)OCC(COC(=O)CCCCCCCCCCCCCCCCC)OC(=O)CCCCCCCCCCCCCCCCC)OC(=O)C/C=C\C/C=C\C/C=C\C/C=C\C/C=C\CC. The Bertz CT molecular complexity index is 2370. The molecule has 17 nitrogen and oxygen atoms in total. The summed E-state index contributed by atoms with van der Waals surface area (Å²) in [7, 11) is -10.0. The van der Waals surface area contributed by atoms with E-state index in [1.807, 2.05) is 30.4 Å². The molecule has 0 aliphatic heterocycles. The van der Waals surface area contributed by atoms with Crippen molar-refractivity contribution in [2.45, 2.75) is 329 Å². The van der Waals surface area contributed by atoms with E-state index >= 15 is 0 Å². The van der Waals surface area contributed by atoms with Crippen LogP contribution in [0.5, 0.6) is 0 Å². The molecular formula is C81H138O17P2. The number of unbranched alkanes of at least 4 members (excludes halogenated alkanes) is 28. The van der Waals surface area contributed by atoms with Crippen molar-refractivity contribution in [3.63, 3.8) is 0 Å². The standard InChI is InChI=1S/C81H138O17P2/c1-5-9-13-17-21-25-29-33-37-41-45-49-53-57-61-65-78(83)91-71-76(97-80(85)67-63-59-55-51-47-43-39-35-31-27-23-19-15-11-7-3)73-95-99(87,88)93-69-75(82)70-94-100(89,90)96-74-77(98-81(86)68-64-60-56-52-48-44-40-36-32-28-24-20-16-12-8-4)72-92-79(84)66-62-58-54-50-46-42-38-34-30-26-22-18-14-10-6-2/h9,11,13,15,21,23,25,27,33,35,37,39,45,47,49,51,57,59,61,63,75-77,82H,5-8,10,12,14,16-20,22,24,26,28-32,34,36,38,40-44,46,48,50,52-56,58,60,62,64-74H2,1-4H3,(H,87,88)(H,89,90)/b13-9-,15-11-,25-21-,27-23-,37-33-,39-35-,49-45-,51-47-,61-57-,63-59-. The number of hydrogen-bond acceptors (Lipinski definition) is 15. The molecule has 0 aromatic heterocycles. The topological polar surface area (TPSA) is 237 Å². The van der Waals surface area contributed by atoms with Crippen molar-refractivity contribution in [3.8, 4) is 0 Å². The maximum Gasteiger partial charge on any atom is 0.472 e. The summed E-state index contributed by atoms with van der Waals surface area (Å²) in [5.41, 5.74) is 0. The predicted octanol–water partition coefficient (Wildman–Crippen LogP) is 22.3. The molecule has 0 aromatic rings. The largest absolute Gasteiger partial charge is 0.472 e. The molecule has 0 aromatic carbocycles. The Morgan fingerprint density at radius 1 is 0.290 bits per heavy atom. The van der Waals surface area contributed by atoms with Gasteiger partial charge in [0.15, 0.2) is 12.2 Å². The number of allylic oxidation sites excluding steroid dienone is 18. The quantitative estimate of drug-likeness (QED) is 0.0169. The van der Waals surface area contributed by atoms with Crippen molar-refractivity contribution in [2.75, 3.05) is 39.6 Å². The highest BCUT2D eigenvalue weighted by molar-refractivity contribution is 7.47. The minimum atomic E-state index is -5.02. The lowest BCUT2D eigenvalue weighted by atomic mass is 10.0. The molecule has 100 heavy (non-hydrogen) atoms. The van der Waals surface area contributed by atoms with E-state index in [2.05, 4.69) is 101 Å². The van der Waals surface area contributed by atoms with Gasteiger partial charge in [0.2, 0.25) is 0 Å². The molecule has 0 heterocycles. The maximum atomic E-state index is 13.1. The third-order valence-electron chi connectivity index (χ3n) is 16.0. The maximum absolute atomic E-state index is 13.1. The Morgan fingerprint density at radius 3 is 0.840 bits per heavy atom. The Balaban J connectivity index is 5.47. The molecule has 0 bridgehead atoms. The number of aliphatic hydroxyl groups is 1. The van der Waals surface area contributed by atoms with Crippen LogP contribution in [0.15, 0.2) is 122 Å². The number of rotatable bonds is 72. The van der Waals surface area contributed by atoms with Gasteiger partial charge in [-0.25, -0.2) is 9.13 Å². The summed E-state index contributed by atoms with van der Waals surface area (Å²) in [6.07, 6.45) is 79.7. The monoisotopic (exact) mass is 1440 g/mol. The van der Waals surface area contributed by atoms with Gasteiger partial charge in [-0.05, 0) is 77.0 Å². The number of esters is 4. The van der Waals surface area contributed by atoms with Crippen LogP contribution in [-0.2, 0) is 65.4 Å². The van der Waals surface area contributed by atoms with Crippen molar-refractivity contribution in [2.24, 2.45) is 0 Å². The first kappa shape index (κ1) is 95.5. The number of aliphatic hydroxyl groups excluding tert-OH is 1. The molecule has 19 heteroatoms. The lowest BCUT2D eigenvalue weighted by molar-refractivity contribution is -0.161. The summed E-state index contributed by atoms with van der Waals surface area (Å²) in [6.45, 7) is 4.44. The molecule has 5 atom stereocenters. The van der Waals surface area contributed by atoms with Crippen molar-refractivity contribution in [1.29, 1.82) is 0 Å². The van der Waals surface area contributed by atoms with Crippen LogP contribution in [0.1, 0.15) is 310 Å². The van der Waals surface area contributed by atoms with E-state index in [9.17, 15) is 43.2 Å². The molecule has 0 radical (unpaired) electrons. The normalized spacial score (nSPS) is 14.6. The number of phosphoric acid groups is 2. The van der Waals surface area contributed by atoms with E-state index in [4.69, 9.17) is 37.0 Å². The molecule has 0 saturated carbocycles. The Kier molecular flexibility index (Phi) is 69.5. The molecule has 3 N–H and O–H groups in total. The minimum Gasteiger partial charge on any atom is -0.462 e. The summed E-state index contributed by atoms with van der Waals surface area (Å²) in [6, 6.07) is 0. The first-order chi connectivity index (χ1) is 48.7. The fourth-order valence-electron chi connectivity index (χ4n) is 10.2. The van der Waals surface area contributed by atoms with Gasteiger partial charge in [-0.1, -0.05) is 329 Å². The molecule has 0 fully saturated rings. The number of phosphoric ester groups is 2. The van der Waals surface area contributed by atoms with Crippen molar-refractivity contribution >= 4 is 39.5 Å². The van der Waals surface area contributed by atoms with Gasteiger partial charge < -0.3 is 33.8 Å². The molecule has 0 rings (SSSR count). The molecule has 574 valence electrons. The van der Waals surface area contributed by atoms with E-state index in [0.717, 1.165) is 96.3 Å². The summed E-state index contributed by atoms with van der Waals surface area (Å²) >= 11 is 0. The van der Waals surface area contributed by atoms with Crippen molar-refractivity contribution in [1.82, 2.24) is 0 Å². The van der Waals surface area contributed by atoms with E-state index in [1.54, 1.807) is 18.2 Å². The van der Waals surface area contributed by atoms with Gasteiger partial charge in [0.05, 0.1) is 39.3 Å². The average molecular weight is 1450 g/mol. The van der Waals surface area contributed by atoms with Gasteiger partial charge in [0, 0.05) is 12.8 Å². The molecule has 0 spiro atoms. The summed E-state index contributed by atoms with van der Waals surface area (Å²) in [5, 5.41) is 10.6. The zero-order valence-corrected chi connectivity index (χ0v) is 64.4. The van der Waals surface area contributed by atoms with Gasteiger partial charge >= 0.3 is 39.5 Å². The van der Waals surface area contributed by atoms with E-state index in [-0.39, 0.29) is 25.7 Å². The van der Waals surface area contributed by atoms with Crippen LogP contribution >= 0.6 is 15.6 Å². The third kappa shape index (κ3) is 71.8. The van der Waals surface area contributed by atoms with Gasteiger partial charge in [-0.15, -0.1) is 0 Å². The number of carbonyl (C=O) groups excluding carboxylic acids is 4. The van der Waals surface area contributed by atoms with Crippen LogP contribution in [0.2, 0.25) is 0 Å². The van der Waals surface area contributed by atoms with Crippen LogP contribution < -0.4 is 0 Å². The zero-order chi connectivity index (χ0) is 73.2. The third-order valence-corrected chi connectivity index (χ3v) is 17.9. The predicted molar refractivity (Wildman–Crippen MR) is 408 cm³/mol. The van der Waals surface area contributed by atoms with Crippen LogP contribution in [0, 0.1) is 0 Å². The lowest BCUT2D eigenvalue weighted by Gasteiger charge is -2.21. The molecule has 5 unspecified atom stereocenters. The highest BCUT2D eigenvalue weighted by atomic mass is 31.2. The fourth-order valence-corrected chi connectivity index (χ4v) is 11.8. The Labute approximate surface area is 606 Å². The summed E-state index contributed by atoms with van der Waals surface area (Å²) < 4.78 is 68.3. The minimum absolute atomic E-state index is 0.0921. The highest BCUT2D eigenvalue weighted by Crippen LogP contribution is 2.45. The first-order valence-corrected chi connectivity index (χ1v) is 41.8. The van der Waals surface area contributed by atoms with Gasteiger partial charge in [0.1, 0.15) is 19.3 Å². The Hall–Kier alpha value is -4.54. The fraction of sp³-hybridized carbons (Fsp3) is 0.704. The molecule has 0 aliphatic carbocycles. The van der Waals surface area contributed by atoms with E-state index in [1.165, 1.54) is 135 Å². The van der Waals surface area contributed by atoms with Gasteiger partial charge in [-0.2, -0.15) is 0 Å². The second kappa shape index (κ2) is 72.8. The zero-order valence-electron chi connectivity index (χ0n) is 62.6. The molecular weight excluding hydrogens is 1310 g/mol. The second-order valence-corrected chi connectivity index (χ2v) is 28.5. The molecule has 0 aliphatic rings. The summed E-state index contributed by atoms with van der Waals surface area (Å²) in [5.74, 6) is -2.46. The van der Waals surface area contributed by atoms with Gasteiger partial charge in [-0.3, -0.25) is 37.3 Å². The van der Waals surface area contributed by atoms with Crippen LogP contribution in [0.25, 0.3) is 0 Å². The first-order valence-electron chi connectivity index (χ1n) is 38.8. The van der Waals surface area contributed by atoms with Crippen molar-refractivity contribution < 1.29 is 80.2 Å². The van der Waals surface area contributed by atoms with Crippen LogP contribution in [0.4, 0.5) is 0 Å². The van der Waals surface area contributed by atoms with Crippen LogP contribution in [0.3, 0.4) is 0 Å².